The molecule has 2 unspecified atom stereocenters. The third kappa shape index (κ3) is 7.17. The summed E-state index contributed by atoms with van der Waals surface area (Å²) in [5, 5.41) is 0. The third-order valence-corrected chi connectivity index (χ3v) is 9.58. The molecule has 0 radical (unpaired) electrons. The van der Waals surface area contributed by atoms with Crippen LogP contribution in [0.1, 0.15) is 72.9 Å². The summed E-state index contributed by atoms with van der Waals surface area (Å²) in [6, 6.07) is 28.6. The monoisotopic (exact) mass is 560 g/mol. The van der Waals surface area contributed by atoms with Gasteiger partial charge < -0.3 is 0 Å². The van der Waals surface area contributed by atoms with E-state index in [0.717, 1.165) is 38.8 Å². The fraction of sp³-hybridized carbons (Fsp3) is 0.421. The Labute approximate surface area is 253 Å². The molecule has 0 bridgehead atoms. The molecule has 6 rings (SSSR count). The number of likely N-dealkylation sites (tertiary alicyclic amines) is 2. The van der Waals surface area contributed by atoms with E-state index < -0.39 is 0 Å². The smallest absolute Gasteiger partial charge is 0.173 e. The van der Waals surface area contributed by atoms with E-state index in [4.69, 9.17) is 0 Å². The zero-order chi connectivity index (χ0) is 28.7. The Bertz CT molecular complexity index is 1320. The van der Waals surface area contributed by atoms with Crippen molar-refractivity contribution >= 4 is 0 Å². The van der Waals surface area contributed by atoms with Gasteiger partial charge in [0.1, 0.15) is 13.1 Å². The van der Waals surface area contributed by atoms with E-state index in [1.54, 1.807) is 0 Å². The van der Waals surface area contributed by atoms with Gasteiger partial charge in [-0.25, -0.2) is 9.13 Å². The molecule has 0 aliphatic carbocycles. The molecule has 2 fully saturated rings. The Morgan fingerprint density at radius 3 is 1.40 bits per heavy atom. The van der Waals surface area contributed by atoms with Crippen molar-refractivity contribution in [2.45, 2.75) is 76.5 Å². The molecule has 2 aliphatic heterocycles. The average molecular weight is 561 g/mol. The lowest BCUT2D eigenvalue weighted by Crippen LogP contribution is -2.34. The van der Waals surface area contributed by atoms with Gasteiger partial charge in [0.2, 0.25) is 0 Å². The van der Waals surface area contributed by atoms with Gasteiger partial charge in [-0.1, -0.05) is 48.5 Å². The van der Waals surface area contributed by atoms with Crippen LogP contribution in [0.4, 0.5) is 0 Å². The lowest BCUT2D eigenvalue weighted by Gasteiger charge is -2.18. The van der Waals surface area contributed by atoms with E-state index in [2.05, 4.69) is 131 Å². The predicted molar refractivity (Wildman–Crippen MR) is 171 cm³/mol. The summed E-state index contributed by atoms with van der Waals surface area (Å²) >= 11 is 0. The number of rotatable bonds is 11. The van der Waals surface area contributed by atoms with Crippen molar-refractivity contribution in [1.29, 1.82) is 0 Å². The number of aromatic nitrogens is 2. The van der Waals surface area contributed by atoms with Gasteiger partial charge in [-0.15, -0.1) is 0 Å². The van der Waals surface area contributed by atoms with Gasteiger partial charge in [0, 0.05) is 48.2 Å². The van der Waals surface area contributed by atoms with Crippen LogP contribution in [0.3, 0.4) is 0 Å². The second-order valence-electron chi connectivity index (χ2n) is 12.6. The van der Waals surface area contributed by atoms with Crippen LogP contribution in [0.25, 0.3) is 11.1 Å². The second kappa shape index (κ2) is 13.8. The first kappa shape index (κ1) is 28.8. The Balaban J connectivity index is 0.961. The molecule has 2 saturated heterocycles. The van der Waals surface area contributed by atoms with Crippen molar-refractivity contribution < 1.29 is 9.13 Å². The van der Waals surface area contributed by atoms with Gasteiger partial charge in [0.05, 0.1) is 0 Å². The topological polar surface area (TPSA) is 14.2 Å². The van der Waals surface area contributed by atoms with Crippen LogP contribution in [-0.2, 0) is 25.9 Å². The lowest BCUT2D eigenvalue weighted by atomic mass is 10.00. The minimum absolute atomic E-state index is 0.588. The SMILES string of the molecule is CN1CCCC1c1ccc[n+](CCCc2ccc(-c3ccc(CCC[n+]4cccc(C5CCCN5C)c4)cc3)cc2)c1. The summed E-state index contributed by atoms with van der Waals surface area (Å²) in [4.78, 5) is 4.98. The van der Waals surface area contributed by atoms with Crippen LogP contribution in [0.5, 0.6) is 0 Å². The standard InChI is InChI=1S/C38H48N4/c1-39-23-7-13-37(39)35-11-5-27-41(29-35)25-3-9-31-15-19-33(20-16-31)34-21-17-32(18-22-34)10-4-26-42-28-6-12-36(30-42)38-14-8-24-40(38)2/h5-6,11-12,15-22,27-30,37-38H,3-4,7-10,13-14,23-26H2,1-2H3/q+2. The fourth-order valence-electron chi connectivity index (χ4n) is 7.08. The number of hydrogen-bond donors (Lipinski definition) is 0. The van der Waals surface area contributed by atoms with E-state index in [1.165, 1.54) is 72.2 Å². The minimum Gasteiger partial charge on any atom is -0.299 e. The molecule has 2 aliphatic rings. The molecule has 0 spiro atoms. The number of benzene rings is 2. The highest BCUT2D eigenvalue weighted by Gasteiger charge is 2.25. The molecule has 2 aromatic heterocycles. The van der Waals surface area contributed by atoms with Crippen molar-refractivity contribution in [2.75, 3.05) is 27.2 Å². The summed E-state index contributed by atoms with van der Waals surface area (Å²) < 4.78 is 4.75. The van der Waals surface area contributed by atoms with Gasteiger partial charge in [0.25, 0.3) is 0 Å². The highest BCUT2D eigenvalue weighted by atomic mass is 15.2. The summed E-state index contributed by atoms with van der Waals surface area (Å²) in [7, 11) is 4.51. The van der Waals surface area contributed by atoms with E-state index in [0.29, 0.717) is 12.1 Å². The zero-order valence-electron chi connectivity index (χ0n) is 25.7. The Morgan fingerprint density at radius 1 is 0.595 bits per heavy atom. The maximum Gasteiger partial charge on any atom is 0.173 e. The highest BCUT2D eigenvalue weighted by Crippen LogP contribution is 2.30. The molecule has 4 heteroatoms. The van der Waals surface area contributed by atoms with E-state index in [-0.39, 0.29) is 0 Å². The molecule has 2 atom stereocenters. The van der Waals surface area contributed by atoms with Crippen LogP contribution >= 0.6 is 0 Å². The molecular formula is C38H48N4+2. The van der Waals surface area contributed by atoms with E-state index in [9.17, 15) is 0 Å². The van der Waals surface area contributed by atoms with Crippen molar-refractivity contribution in [2.24, 2.45) is 0 Å². The molecular weight excluding hydrogens is 512 g/mol. The van der Waals surface area contributed by atoms with Crippen molar-refractivity contribution in [3.63, 3.8) is 0 Å². The van der Waals surface area contributed by atoms with Crippen LogP contribution in [-0.4, -0.2) is 37.0 Å². The summed E-state index contributed by atoms with van der Waals surface area (Å²) in [5.74, 6) is 0. The lowest BCUT2D eigenvalue weighted by molar-refractivity contribution is -0.697. The molecule has 0 amide bonds. The quantitative estimate of drug-likeness (QED) is 0.189. The molecule has 42 heavy (non-hydrogen) atoms. The number of pyridine rings is 2. The van der Waals surface area contributed by atoms with Gasteiger partial charge in [0.15, 0.2) is 24.8 Å². The summed E-state index contributed by atoms with van der Waals surface area (Å²) in [6.07, 6.45) is 18.9. The first-order valence-electron chi connectivity index (χ1n) is 16.2. The minimum atomic E-state index is 0.588. The highest BCUT2D eigenvalue weighted by molar-refractivity contribution is 5.64. The molecule has 218 valence electrons. The average Bonchev–Trinajstić information content (AvgIpc) is 3.66. The molecule has 4 nitrogen and oxygen atoms in total. The van der Waals surface area contributed by atoms with Gasteiger partial charge in [-0.2, -0.15) is 0 Å². The van der Waals surface area contributed by atoms with Crippen molar-refractivity contribution in [1.82, 2.24) is 9.80 Å². The van der Waals surface area contributed by atoms with Gasteiger partial charge in [-0.05, 0) is 100 Å². The third-order valence-electron chi connectivity index (χ3n) is 9.58. The largest absolute Gasteiger partial charge is 0.299 e. The molecule has 0 N–H and O–H groups in total. The molecule has 0 saturated carbocycles. The van der Waals surface area contributed by atoms with Crippen LogP contribution in [0, 0.1) is 0 Å². The number of hydrogen-bond acceptors (Lipinski definition) is 2. The second-order valence-corrected chi connectivity index (χ2v) is 12.6. The summed E-state index contributed by atoms with van der Waals surface area (Å²) in [6.45, 7) is 4.56. The van der Waals surface area contributed by atoms with Crippen LogP contribution in [0.15, 0.2) is 97.6 Å². The maximum atomic E-state index is 2.49. The molecule has 2 aromatic carbocycles. The summed E-state index contributed by atoms with van der Waals surface area (Å²) in [5.41, 5.74) is 8.37. The Morgan fingerprint density at radius 2 is 1.02 bits per heavy atom. The van der Waals surface area contributed by atoms with Crippen molar-refractivity contribution in [3.05, 3.63) is 120 Å². The number of nitrogens with zero attached hydrogens (tertiary/aromatic N) is 4. The normalized spacial score (nSPS) is 19.5. The van der Waals surface area contributed by atoms with Gasteiger partial charge >= 0.3 is 0 Å². The van der Waals surface area contributed by atoms with Gasteiger partial charge in [-0.3, -0.25) is 9.80 Å². The van der Waals surface area contributed by atoms with Crippen molar-refractivity contribution in [3.8, 4) is 11.1 Å². The molecule has 4 heterocycles. The Kier molecular flexibility index (Phi) is 9.42. The Hall–Kier alpha value is -3.34. The van der Waals surface area contributed by atoms with Crippen LogP contribution in [0.2, 0.25) is 0 Å². The fourth-order valence-corrected chi connectivity index (χ4v) is 7.08. The van der Waals surface area contributed by atoms with Crippen LogP contribution < -0.4 is 9.13 Å². The first-order chi connectivity index (χ1) is 20.6. The predicted octanol–water partition coefficient (Wildman–Crippen LogP) is 6.73. The van der Waals surface area contributed by atoms with E-state index in [1.807, 2.05) is 0 Å². The van der Waals surface area contributed by atoms with E-state index >= 15 is 0 Å². The maximum absolute atomic E-state index is 2.49. The zero-order valence-corrected chi connectivity index (χ0v) is 25.7. The molecule has 4 aromatic rings. The first-order valence-corrected chi connectivity index (χ1v) is 16.2. The number of aryl methyl sites for hydroxylation is 4.